The zero-order chi connectivity index (χ0) is 64.9. The molecule has 4 saturated carbocycles. The van der Waals surface area contributed by atoms with E-state index in [1.807, 2.05) is 0 Å². The first-order chi connectivity index (χ1) is 42.0. The van der Waals surface area contributed by atoms with E-state index in [9.17, 15) is 102 Å². The minimum absolute atomic E-state index is 0.0274. The quantitative estimate of drug-likeness (QED) is 0.0567. The van der Waals surface area contributed by atoms with Crippen molar-refractivity contribution in [3.8, 4) is 0 Å². The van der Waals surface area contributed by atoms with Crippen LogP contribution in [0, 0.1) is 38.9 Å². The summed E-state index contributed by atoms with van der Waals surface area (Å²) in [7, 11) is 0. The number of hydrogen-bond acceptors (Lipinski definition) is 32. The molecule has 0 bridgehead atoms. The molecule has 32 heteroatoms. The molecule has 89 heavy (non-hydrogen) atoms. The van der Waals surface area contributed by atoms with Gasteiger partial charge in [-0.05, 0) is 91.8 Å². The van der Waals surface area contributed by atoms with Crippen molar-refractivity contribution in [3.05, 3.63) is 0 Å². The third kappa shape index (κ3) is 11.9. The predicted molar refractivity (Wildman–Crippen MR) is 288 cm³/mol. The Morgan fingerprint density at radius 2 is 0.742 bits per heavy atom. The van der Waals surface area contributed by atoms with E-state index in [4.69, 9.17) is 52.1 Å². The van der Waals surface area contributed by atoms with Crippen LogP contribution in [0.1, 0.15) is 85.5 Å². The van der Waals surface area contributed by atoms with Gasteiger partial charge in [-0.1, -0.05) is 27.2 Å². The summed E-state index contributed by atoms with van der Waals surface area (Å²) in [4.78, 5) is 15.4. The number of hydrogen-bond donors (Lipinski definition) is 20. The fraction of sp³-hybridized carbons (Fsp3) is 0.982. The van der Waals surface area contributed by atoms with Gasteiger partial charge in [-0.15, -0.1) is 0 Å². The van der Waals surface area contributed by atoms with Gasteiger partial charge >= 0.3 is 5.97 Å². The molecule has 10 rings (SSSR count). The lowest BCUT2D eigenvalue weighted by Gasteiger charge is -2.64. The molecule has 20 N–H and O–H groups in total. The molecule has 32 nitrogen and oxygen atoms in total. The normalized spacial score (nSPS) is 56.0. The van der Waals surface area contributed by atoms with E-state index in [2.05, 4.69) is 20.8 Å². The molecule has 6 aliphatic heterocycles. The number of carbonyl (C=O) groups excluding carboxylic acids is 1. The summed E-state index contributed by atoms with van der Waals surface area (Å²) in [5.41, 5.74) is -3.40. The highest BCUT2D eigenvalue weighted by Crippen LogP contribution is 2.87. The topological polar surface area (TPSA) is 523 Å². The molecule has 6 heterocycles. The monoisotopic (exact) mass is 1290 g/mol. The SMILES string of the molecule is C[C@@]1(CC2OC(CO)C(O)C(OC3OC(CO)C(O)C(O)C3O)C2OC2OC(CO)C(O)C(O)C2O)CC[C@@H]2[C@]3(CCC4[C@](C)(C(=O)OC5OC(CO)C(O)C(OC6OC(CO)C(O)C(O)C6O)C5OC5OC(CO)C(O)C(O)C5O)CCC[C@]42C)C[C@@]13C. The Morgan fingerprint density at radius 1 is 0.382 bits per heavy atom. The largest absolute Gasteiger partial charge is 0.432 e. The minimum Gasteiger partial charge on any atom is -0.432 e. The third-order valence-electron chi connectivity index (χ3n) is 22.9. The van der Waals surface area contributed by atoms with E-state index in [1.165, 1.54) is 0 Å². The summed E-state index contributed by atoms with van der Waals surface area (Å²) in [6, 6.07) is 0. The first-order valence-electron chi connectivity index (χ1n) is 30.9. The Kier molecular flexibility index (Phi) is 21.0. The summed E-state index contributed by atoms with van der Waals surface area (Å²) in [5.74, 6) is -1.21. The molecule has 10 fully saturated rings. The van der Waals surface area contributed by atoms with Crippen molar-refractivity contribution < 1.29 is 159 Å². The van der Waals surface area contributed by atoms with Gasteiger partial charge in [0.1, 0.15) is 140 Å². The average molecular weight is 1290 g/mol. The molecule has 37 atom stereocenters. The molecule has 1 spiro atoms. The molecule has 0 aromatic heterocycles. The summed E-state index contributed by atoms with van der Waals surface area (Å²) < 4.78 is 66.5. The van der Waals surface area contributed by atoms with Crippen LogP contribution in [0.4, 0.5) is 0 Å². The maximum absolute atomic E-state index is 15.4. The van der Waals surface area contributed by atoms with E-state index < -0.39 is 251 Å². The minimum atomic E-state index is -2.07. The highest BCUT2D eigenvalue weighted by molar-refractivity contribution is 5.77. The van der Waals surface area contributed by atoms with Crippen molar-refractivity contribution in [3.63, 3.8) is 0 Å². The number of aliphatic hydroxyl groups is 20. The Morgan fingerprint density at radius 3 is 1.17 bits per heavy atom. The van der Waals surface area contributed by atoms with Crippen molar-refractivity contribution in [2.75, 3.05) is 39.6 Å². The molecular weight excluding hydrogens is 1200 g/mol. The lowest BCUT2D eigenvalue weighted by Crippen LogP contribution is -2.67. The highest BCUT2D eigenvalue weighted by atomic mass is 16.8. The molecule has 514 valence electrons. The van der Waals surface area contributed by atoms with Crippen LogP contribution in [0.5, 0.6) is 0 Å². The molecule has 10 aliphatic rings. The molecule has 4 aliphatic carbocycles. The Hall–Kier alpha value is -1.73. The lowest BCUT2D eigenvalue weighted by molar-refractivity contribution is -0.388. The molecule has 31 unspecified atom stereocenters. The standard InChI is InChI=1S/C57H94O32/c1-53(12-20-43(85-47-39(74)35(70)29(64)21(13-58)80-47)44(33(68)25(17-62)79-20)86-48-40(75)36(71)30(65)22(14-59)81-48)10-6-28-54(2)8-5-9-55(3,27(54)7-11-57(28)19-56(53,57)4)52(78)89-51-46(88-50-42(77)38(73)32(67)24(16-61)83-50)45(34(69)26(18-63)84-51)87-49-41(76)37(72)31(66)23(15-60)82-49/h20-51,58-77H,5-19H2,1-4H3/t20?,21?,22?,23?,24?,25?,26?,27?,28-,29?,30?,31?,32?,33?,34?,35?,36?,37?,38?,39?,40?,41?,42?,43?,44?,45?,46?,47?,48?,49?,50?,51?,53-,54+,55+,56-,57-/m0/s1. The first kappa shape index (κ1) is 70.1. The molecule has 0 aromatic carbocycles. The second-order valence-corrected chi connectivity index (χ2v) is 27.6. The number of carbonyl (C=O) groups is 1. The summed E-state index contributed by atoms with van der Waals surface area (Å²) in [5, 5.41) is 215. The van der Waals surface area contributed by atoms with E-state index in [0.29, 0.717) is 51.4 Å². The highest BCUT2D eigenvalue weighted by Gasteiger charge is 2.80. The van der Waals surface area contributed by atoms with Gasteiger partial charge in [-0.3, -0.25) is 4.79 Å². The van der Waals surface area contributed by atoms with Gasteiger partial charge in [-0.2, -0.15) is 0 Å². The molecule has 0 amide bonds. The van der Waals surface area contributed by atoms with Crippen LogP contribution in [-0.4, -0.2) is 332 Å². The van der Waals surface area contributed by atoms with Crippen LogP contribution in [0.3, 0.4) is 0 Å². The van der Waals surface area contributed by atoms with Crippen LogP contribution >= 0.6 is 0 Å². The van der Waals surface area contributed by atoms with E-state index in [0.717, 1.165) is 0 Å². The Balaban J connectivity index is 0.921. The summed E-state index contributed by atoms with van der Waals surface area (Å²) >= 11 is 0. The third-order valence-corrected chi connectivity index (χ3v) is 22.9. The van der Waals surface area contributed by atoms with Crippen molar-refractivity contribution in [2.24, 2.45) is 38.9 Å². The van der Waals surface area contributed by atoms with Crippen LogP contribution in [-0.2, 0) is 56.9 Å². The number of aliphatic hydroxyl groups excluding tert-OH is 20. The van der Waals surface area contributed by atoms with Gasteiger partial charge in [0, 0.05) is 0 Å². The van der Waals surface area contributed by atoms with Crippen LogP contribution in [0.2, 0.25) is 0 Å². The molecule has 0 aromatic rings. The fourth-order valence-electron chi connectivity index (χ4n) is 17.5. The zero-order valence-corrected chi connectivity index (χ0v) is 49.9. The van der Waals surface area contributed by atoms with Crippen molar-refractivity contribution in [1.29, 1.82) is 0 Å². The number of rotatable bonds is 18. The van der Waals surface area contributed by atoms with Crippen molar-refractivity contribution in [1.82, 2.24) is 0 Å². The Bertz CT molecular complexity index is 2380. The lowest BCUT2D eigenvalue weighted by atomic mass is 9.41. The van der Waals surface area contributed by atoms with E-state index in [1.54, 1.807) is 6.92 Å². The van der Waals surface area contributed by atoms with E-state index >= 15 is 4.79 Å². The average Bonchev–Trinajstić information content (AvgIpc) is 1.48. The van der Waals surface area contributed by atoms with Gasteiger partial charge in [0.15, 0.2) is 31.3 Å². The second-order valence-electron chi connectivity index (χ2n) is 27.6. The summed E-state index contributed by atoms with van der Waals surface area (Å²) in [6.45, 7) is 3.05. The Labute approximate surface area is 511 Å². The van der Waals surface area contributed by atoms with Gasteiger partial charge in [0.05, 0.1) is 51.2 Å². The van der Waals surface area contributed by atoms with E-state index in [-0.39, 0.29) is 23.7 Å². The molecule has 0 radical (unpaired) electrons. The van der Waals surface area contributed by atoms with Gasteiger partial charge in [0.2, 0.25) is 6.29 Å². The van der Waals surface area contributed by atoms with Gasteiger partial charge in [0.25, 0.3) is 0 Å². The molecule has 6 saturated heterocycles. The number of fused-ring (bicyclic) bond motifs is 2. The maximum Gasteiger partial charge on any atom is 0.314 e. The van der Waals surface area contributed by atoms with Crippen LogP contribution < -0.4 is 0 Å². The predicted octanol–water partition coefficient (Wildman–Crippen LogP) is -8.72. The summed E-state index contributed by atoms with van der Waals surface area (Å²) in [6.07, 6.45) is -49.1. The van der Waals surface area contributed by atoms with Crippen molar-refractivity contribution >= 4 is 5.97 Å². The fourth-order valence-corrected chi connectivity index (χ4v) is 17.5. The van der Waals surface area contributed by atoms with Crippen LogP contribution in [0.15, 0.2) is 0 Å². The van der Waals surface area contributed by atoms with Crippen LogP contribution in [0.25, 0.3) is 0 Å². The van der Waals surface area contributed by atoms with Gasteiger partial charge < -0.3 is 154 Å². The second kappa shape index (κ2) is 26.7. The zero-order valence-electron chi connectivity index (χ0n) is 49.9. The smallest absolute Gasteiger partial charge is 0.314 e. The van der Waals surface area contributed by atoms with Crippen molar-refractivity contribution in [2.45, 2.75) is 270 Å². The number of ether oxygens (including phenoxy) is 11. The number of esters is 1. The maximum atomic E-state index is 15.4. The molecular formula is C57H94O32. The first-order valence-corrected chi connectivity index (χ1v) is 30.9. The van der Waals surface area contributed by atoms with Gasteiger partial charge in [-0.25, -0.2) is 0 Å².